The third-order valence-corrected chi connectivity index (χ3v) is 3.04. The highest BCUT2D eigenvalue weighted by Gasteiger charge is 2.19. The molecule has 0 aromatic heterocycles. The number of hydrogen-bond donors (Lipinski definition) is 1. The Kier molecular flexibility index (Phi) is 3.12. The van der Waals surface area contributed by atoms with Gasteiger partial charge in [-0.05, 0) is 36.6 Å². The molecule has 1 heterocycles. The van der Waals surface area contributed by atoms with Crippen LogP contribution in [0.3, 0.4) is 0 Å². The molecule has 1 saturated heterocycles. The van der Waals surface area contributed by atoms with Crippen LogP contribution in [0.25, 0.3) is 0 Å². The minimum absolute atomic E-state index is 0.131. The lowest BCUT2D eigenvalue weighted by molar-refractivity contribution is 0.386. The van der Waals surface area contributed by atoms with Gasteiger partial charge in [0.2, 0.25) is 0 Å². The highest BCUT2D eigenvalue weighted by Crippen LogP contribution is 2.33. The normalized spacial score (nSPS) is 20.6. The van der Waals surface area contributed by atoms with Gasteiger partial charge >= 0.3 is 0 Å². The Morgan fingerprint density at radius 2 is 2.33 bits per heavy atom. The van der Waals surface area contributed by atoms with Gasteiger partial charge in [-0.2, -0.15) is 0 Å². The standard InChI is InChI=1S/C11H13ClFNO/c1-15-11-9(12)4-8(5-10(11)13)7-2-3-14-6-7/h4-5,7,14H,2-3,6H2,1H3. The van der Waals surface area contributed by atoms with Crippen LogP contribution in [0.4, 0.5) is 4.39 Å². The summed E-state index contributed by atoms with van der Waals surface area (Å²) in [7, 11) is 1.42. The lowest BCUT2D eigenvalue weighted by Crippen LogP contribution is -2.08. The summed E-state index contributed by atoms with van der Waals surface area (Å²) >= 11 is 5.93. The highest BCUT2D eigenvalue weighted by atomic mass is 35.5. The number of nitrogens with one attached hydrogen (secondary N) is 1. The second-order valence-electron chi connectivity index (χ2n) is 3.71. The topological polar surface area (TPSA) is 21.3 Å². The zero-order chi connectivity index (χ0) is 10.8. The largest absolute Gasteiger partial charge is 0.492 e. The maximum Gasteiger partial charge on any atom is 0.173 e. The molecule has 1 aliphatic heterocycles. The molecule has 1 aliphatic rings. The molecule has 0 radical (unpaired) electrons. The van der Waals surface area contributed by atoms with Crippen LogP contribution in [0, 0.1) is 5.82 Å². The van der Waals surface area contributed by atoms with Gasteiger partial charge in [0.25, 0.3) is 0 Å². The summed E-state index contributed by atoms with van der Waals surface area (Å²) in [5, 5.41) is 3.59. The van der Waals surface area contributed by atoms with Crippen molar-refractivity contribution < 1.29 is 9.13 Å². The van der Waals surface area contributed by atoms with Gasteiger partial charge in [0.1, 0.15) is 0 Å². The zero-order valence-corrected chi connectivity index (χ0v) is 9.27. The van der Waals surface area contributed by atoms with Crippen molar-refractivity contribution in [2.45, 2.75) is 12.3 Å². The number of benzene rings is 1. The van der Waals surface area contributed by atoms with E-state index in [-0.39, 0.29) is 11.6 Å². The monoisotopic (exact) mass is 229 g/mol. The van der Waals surface area contributed by atoms with E-state index in [1.807, 2.05) is 0 Å². The molecule has 0 bridgehead atoms. The van der Waals surface area contributed by atoms with Crippen LogP contribution in [-0.2, 0) is 0 Å². The quantitative estimate of drug-likeness (QED) is 0.842. The van der Waals surface area contributed by atoms with Gasteiger partial charge in [-0.1, -0.05) is 11.6 Å². The van der Waals surface area contributed by atoms with E-state index in [4.69, 9.17) is 16.3 Å². The van der Waals surface area contributed by atoms with E-state index in [9.17, 15) is 4.39 Å². The molecule has 1 unspecified atom stereocenters. The molecule has 0 saturated carbocycles. The average Bonchev–Trinajstić information content (AvgIpc) is 2.69. The van der Waals surface area contributed by atoms with E-state index < -0.39 is 0 Å². The maximum absolute atomic E-state index is 13.5. The first-order chi connectivity index (χ1) is 7.22. The van der Waals surface area contributed by atoms with Crippen molar-refractivity contribution in [1.29, 1.82) is 0 Å². The molecule has 1 fully saturated rings. The van der Waals surface area contributed by atoms with Crippen molar-refractivity contribution in [2.75, 3.05) is 20.2 Å². The van der Waals surface area contributed by atoms with E-state index in [1.165, 1.54) is 13.2 Å². The summed E-state index contributed by atoms with van der Waals surface area (Å²) in [6.07, 6.45) is 1.03. The van der Waals surface area contributed by atoms with E-state index in [0.29, 0.717) is 10.9 Å². The highest BCUT2D eigenvalue weighted by molar-refractivity contribution is 6.32. The molecule has 82 valence electrons. The molecule has 1 N–H and O–H groups in total. The molecule has 15 heavy (non-hydrogen) atoms. The SMILES string of the molecule is COc1c(F)cc(C2CCNC2)cc1Cl. The van der Waals surface area contributed by atoms with Crippen LogP contribution >= 0.6 is 11.6 Å². The molecule has 0 amide bonds. The fourth-order valence-electron chi connectivity index (χ4n) is 1.95. The Morgan fingerprint density at radius 3 is 2.87 bits per heavy atom. The first-order valence-corrected chi connectivity index (χ1v) is 5.34. The Balaban J connectivity index is 2.33. The van der Waals surface area contributed by atoms with Crippen LogP contribution < -0.4 is 10.1 Å². The fraction of sp³-hybridized carbons (Fsp3) is 0.455. The lowest BCUT2D eigenvalue weighted by Gasteiger charge is -2.12. The third kappa shape index (κ3) is 2.08. The summed E-state index contributed by atoms with van der Waals surface area (Å²) in [5.41, 5.74) is 0.948. The molecule has 2 nitrogen and oxygen atoms in total. The molecule has 0 spiro atoms. The Bertz CT molecular complexity index is 341. The second kappa shape index (κ2) is 4.37. The van der Waals surface area contributed by atoms with Gasteiger partial charge in [0.15, 0.2) is 11.6 Å². The minimum Gasteiger partial charge on any atom is -0.492 e. The minimum atomic E-state index is -0.383. The Labute approximate surface area is 93.4 Å². The first-order valence-electron chi connectivity index (χ1n) is 4.96. The molecular weight excluding hydrogens is 217 g/mol. The number of hydrogen-bond acceptors (Lipinski definition) is 2. The number of ether oxygens (including phenoxy) is 1. The van der Waals surface area contributed by atoms with Gasteiger partial charge in [-0.3, -0.25) is 0 Å². The third-order valence-electron chi connectivity index (χ3n) is 2.76. The lowest BCUT2D eigenvalue weighted by atomic mass is 9.98. The summed E-state index contributed by atoms with van der Waals surface area (Å²) in [5.74, 6) is 0.112. The molecule has 1 aromatic rings. The van der Waals surface area contributed by atoms with Gasteiger partial charge < -0.3 is 10.1 Å². The predicted octanol–water partition coefficient (Wildman–Crippen LogP) is 2.56. The molecule has 0 aliphatic carbocycles. The summed E-state index contributed by atoms with van der Waals surface area (Å²) in [6, 6.07) is 3.31. The number of rotatable bonds is 2. The van der Waals surface area contributed by atoms with Crippen LogP contribution in [0.15, 0.2) is 12.1 Å². The molecule has 1 aromatic carbocycles. The van der Waals surface area contributed by atoms with Crippen LogP contribution in [0.1, 0.15) is 17.9 Å². The molecule has 4 heteroatoms. The van der Waals surface area contributed by atoms with E-state index >= 15 is 0 Å². The molecule has 2 rings (SSSR count). The van der Waals surface area contributed by atoms with Crippen molar-refractivity contribution in [1.82, 2.24) is 5.32 Å². The summed E-state index contributed by atoms with van der Waals surface area (Å²) in [4.78, 5) is 0. The average molecular weight is 230 g/mol. The van der Waals surface area contributed by atoms with Gasteiger partial charge in [0, 0.05) is 6.54 Å². The van der Waals surface area contributed by atoms with Crippen LogP contribution in [0.5, 0.6) is 5.75 Å². The molecule has 1 atom stereocenters. The Hall–Kier alpha value is -0.800. The predicted molar refractivity (Wildman–Crippen MR) is 58.2 cm³/mol. The van der Waals surface area contributed by atoms with Gasteiger partial charge in [-0.15, -0.1) is 0 Å². The van der Waals surface area contributed by atoms with Crippen molar-refractivity contribution >= 4 is 11.6 Å². The van der Waals surface area contributed by atoms with E-state index in [2.05, 4.69) is 5.32 Å². The second-order valence-corrected chi connectivity index (χ2v) is 4.11. The fourth-order valence-corrected chi connectivity index (χ4v) is 2.24. The van der Waals surface area contributed by atoms with E-state index in [0.717, 1.165) is 25.1 Å². The maximum atomic E-state index is 13.5. The van der Waals surface area contributed by atoms with E-state index in [1.54, 1.807) is 6.07 Å². The van der Waals surface area contributed by atoms with Gasteiger partial charge in [-0.25, -0.2) is 4.39 Å². The Morgan fingerprint density at radius 1 is 1.53 bits per heavy atom. The van der Waals surface area contributed by atoms with Crippen molar-refractivity contribution in [3.05, 3.63) is 28.5 Å². The zero-order valence-electron chi connectivity index (χ0n) is 8.52. The number of methoxy groups -OCH3 is 1. The smallest absolute Gasteiger partial charge is 0.173 e. The first kappa shape index (κ1) is 10.7. The molecular formula is C11H13ClFNO. The van der Waals surface area contributed by atoms with Crippen molar-refractivity contribution in [2.24, 2.45) is 0 Å². The summed E-state index contributed by atoms with van der Waals surface area (Å²) in [6.45, 7) is 1.87. The summed E-state index contributed by atoms with van der Waals surface area (Å²) < 4.78 is 18.4. The van der Waals surface area contributed by atoms with Crippen LogP contribution in [-0.4, -0.2) is 20.2 Å². The number of halogens is 2. The van der Waals surface area contributed by atoms with Crippen molar-refractivity contribution in [3.8, 4) is 5.75 Å². The van der Waals surface area contributed by atoms with Crippen LogP contribution in [0.2, 0.25) is 5.02 Å². The van der Waals surface area contributed by atoms with Crippen molar-refractivity contribution in [3.63, 3.8) is 0 Å². The van der Waals surface area contributed by atoms with Gasteiger partial charge in [0.05, 0.1) is 12.1 Å².